The number of likely N-dealkylation sites (tertiary alicyclic amines) is 1. The average Bonchev–Trinajstić information content (AvgIpc) is 3.06. The summed E-state index contributed by atoms with van der Waals surface area (Å²) in [5, 5.41) is 2.55. The lowest BCUT2D eigenvalue weighted by Gasteiger charge is -2.36. The number of nitrogens with zero attached hydrogens (tertiary/aromatic N) is 3. The molecule has 0 aromatic carbocycles. The van der Waals surface area contributed by atoms with Crippen molar-refractivity contribution in [3.05, 3.63) is 0 Å². The lowest BCUT2D eigenvalue weighted by atomic mass is 9.89. The second kappa shape index (κ2) is 8.43. The number of carbonyl (C=O) groups is 3. The monoisotopic (exact) mass is 461 g/mol. The molecule has 0 radical (unpaired) electrons. The van der Waals surface area contributed by atoms with Crippen LogP contribution in [0.1, 0.15) is 68.7 Å². The fraction of sp³-hybridized carbons (Fsp3) is 0.864. The van der Waals surface area contributed by atoms with Crippen LogP contribution in [-0.4, -0.2) is 81.7 Å². The number of halogens is 2. The van der Waals surface area contributed by atoms with E-state index < -0.39 is 59.1 Å². The third-order valence-corrected chi connectivity index (χ3v) is 5.48. The number of hydrogen-bond acceptors (Lipinski definition) is 6. The van der Waals surface area contributed by atoms with E-state index in [1.807, 2.05) is 0 Å². The molecule has 10 heteroatoms. The lowest BCUT2D eigenvalue weighted by molar-refractivity contribution is -0.168. The highest BCUT2D eigenvalue weighted by Crippen LogP contribution is 2.42. The van der Waals surface area contributed by atoms with Crippen LogP contribution in [0, 0.1) is 5.41 Å². The molecule has 0 saturated carbocycles. The smallest absolute Gasteiger partial charge is 0.410 e. The van der Waals surface area contributed by atoms with Crippen LogP contribution in [0.4, 0.5) is 13.6 Å². The first-order valence-corrected chi connectivity index (χ1v) is 10.9. The molecule has 0 N–H and O–H groups in total. The van der Waals surface area contributed by atoms with E-state index in [0.29, 0.717) is 0 Å². The molecular formula is C22H37F2N3O5. The van der Waals surface area contributed by atoms with E-state index >= 15 is 8.78 Å². The molecule has 2 fully saturated rings. The van der Waals surface area contributed by atoms with Crippen LogP contribution >= 0.6 is 0 Å². The maximum atomic E-state index is 15.1. The Morgan fingerprint density at radius 2 is 1.50 bits per heavy atom. The molecule has 0 bridgehead atoms. The van der Waals surface area contributed by atoms with E-state index in [0.717, 1.165) is 4.90 Å². The molecule has 32 heavy (non-hydrogen) atoms. The van der Waals surface area contributed by atoms with Crippen molar-refractivity contribution in [3.8, 4) is 0 Å². The van der Waals surface area contributed by atoms with Gasteiger partial charge in [-0.05, 0) is 61.8 Å². The van der Waals surface area contributed by atoms with Gasteiger partial charge in [0.05, 0.1) is 24.5 Å². The number of esters is 1. The molecule has 2 atom stereocenters. The standard InChI is InChI=1S/C22H37F2N3O5/c1-14(28)27-12-15-16(22(23,24)13-25(15)18(30)32-20(5,6)7)26(27)11-10-21(8,9)17(29)31-19(2,3)4/h15-16H,10-13H2,1-9H3. The molecule has 0 aliphatic carbocycles. The maximum absolute atomic E-state index is 15.1. The largest absolute Gasteiger partial charge is 0.460 e. The van der Waals surface area contributed by atoms with Crippen molar-refractivity contribution >= 4 is 18.0 Å². The van der Waals surface area contributed by atoms with Gasteiger partial charge in [0, 0.05) is 13.5 Å². The van der Waals surface area contributed by atoms with Crippen LogP contribution in [0.3, 0.4) is 0 Å². The summed E-state index contributed by atoms with van der Waals surface area (Å²) in [6.07, 6.45) is -0.638. The summed E-state index contributed by atoms with van der Waals surface area (Å²) in [6, 6.07) is -2.29. The van der Waals surface area contributed by atoms with E-state index in [9.17, 15) is 14.4 Å². The Morgan fingerprint density at radius 1 is 0.969 bits per heavy atom. The number of rotatable bonds is 4. The van der Waals surface area contributed by atoms with Gasteiger partial charge in [0.25, 0.3) is 5.92 Å². The van der Waals surface area contributed by atoms with Gasteiger partial charge in [0.1, 0.15) is 17.2 Å². The Morgan fingerprint density at radius 3 is 1.97 bits per heavy atom. The Hall–Kier alpha value is -1.97. The zero-order valence-corrected chi connectivity index (χ0v) is 20.6. The highest BCUT2D eigenvalue weighted by molar-refractivity contribution is 5.76. The van der Waals surface area contributed by atoms with Crippen molar-refractivity contribution in [3.63, 3.8) is 0 Å². The SMILES string of the molecule is CC(=O)N1CC2C(N1CCC(C)(C)C(=O)OC(C)(C)C)C(F)(F)CN2C(=O)OC(C)(C)C. The number of carbonyl (C=O) groups excluding carboxylic acids is 3. The Balaban J connectivity index is 2.24. The third-order valence-electron chi connectivity index (χ3n) is 5.48. The summed E-state index contributed by atoms with van der Waals surface area (Å²) in [6.45, 7) is 14.1. The van der Waals surface area contributed by atoms with Crippen molar-refractivity contribution in [2.24, 2.45) is 5.41 Å². The van der Waals surface area contributed by atoms with Gasteiger partial charge in [-0.2, -0.15) is 0 Å². The third kappa shape index (κ3) is 5.88. The molecule has 0 aromatic rings. The van der Waals surface area contributed by atoms with Gasteiger partial charge in [0.2, 0.25) is 5.91 Å². The Bertz CT molecular complexity index is 758. The summed E-state index contributed by atoms with van der Waals surface area (Å²) in [7, 11) is 0. The first kappa shape index (κ1) is 26.3. The van der Waals surface area contributed by atoms with Crippen LogP contribution in [0.25, 0.3) is 0 Å². The van der Waals surface area contributed by atoms with Crippen molar-refractivity contribution in [1.82, 2.24) is 14.9 Å². The quantitative estimate of drug-likeness (QED) is 0.597. The van der Waals surface area contributed by atoms with Crippen molar-refractivity contribution in [1.29, 1.82) is 0 Å². The minimum Gasteiger partial charge on any atom is -0.460 e. The van der Waals surface area contributed by atoms with E-state index in [1.165, 1.54) is 16.9 Å². The first-order chi connectivity index (χ1) is 14.3. The predicted molar refractivity (Wildman–Crippen MR) is 114 cm³/mol. The van der Waals surface area contributed by atoms with Gasteiger partial charge in [-0.3, -0.25) is 19.5 Å². The van der Waals surface area contributed by atoms with E-state index in [1.54, 1.807) is 55.4 Å². The Kier molecular flexibility index (Phi) is 6.92. The lowest BCUT2D eigenvalue weighted by Crippen LogP contribution is -2.52. The van der Waals surface area contributed by atoms with Gasteiger partial charge in [-0.15, -0.1) is 0 Å². The molecule has 8 nitrogen and oxygen atoms in total. The highest BCUT2D eigenvalue weighted by Gasteiger charge is 2.64. The average molecular weight is 462 g/mol. The number of alkyl halides is 2. The number of fused-ring (bicyclic) bond motifs is 1. The summed E-state index contributed by atoms with van der Waals surface area (Å²) < 4.78 is 41.0. The number of amides is 2. The first-order valence-electron chi connectivity index (χ1n) is 10.9. The van der Waals surface area contributed by atoms with Crippen molar-refractivity contribution in [2.75, 3.05) is 19.6 Å². The van der Waals surface area contributed by atoms with Crippen LogP contribution in [0.15, 0.2) is 0 Å². The van der Waals surface area contributed by atoms with Crippen LogP contribution in [-0.2, 0) is 19.1 Å². The topological polar surface area (TPSA) is 79.4 Å². The predicted octanol–water partition coefficient (Wildman–Crippen LogP) is 3.45. The highest BCUT2D eigenvalue weighted by atomic mass is 19.3. The second-order valence-corrected chi connectivity index (χ2v) is 11.3. The van der Waals surface area contributed by atoms with Crippen LogP contribution < -0.4 is 0 Å². The molecule has 2 heterocycles. The van der Waals surface area contributed by atoms with Gasteiger partial charge < -0.3 is 9.47 Å². The summed E-state index contributed by atoms with van der Waals surface area (Å²) >= 11 is 0. The fourth-order valence-corrected chi connectivity index (χ4v) is 3.94. The second-order valence-electron chi connectivity index (χ2n) is 11.3. The van der Waals surface area contributed by atoms with Crippen LogP contribution in [0.2, 0.25) is 0 Å². The summed E-state index contributed by atoms with van der Waals surface area (Å²) in [5.41, 5.74) is -2.46. The molecule has 2 saturated heterocycles. The van der Waals surface area contributed by atoms with Gasteiger partial charge >= 0.3 is 12.1 Å². The molecule has 2 aliphatic heterocycles. The minimum atomic E-state index is -3.25. The minimum absolute atomic E-state index is 0.0325. The molecule has 2 aliphatic rings. The van der Waals surface area contributed by atoms with Crippen molar-refractivity contribution < 1.29 is 32.6 Å². The zero-order chi connectivity index (χ0) is 24.9. The maximum Gasteiger partial charge on any atom is 0.410 e. The fourth-order valence-electron chi connectivity index (χ4n) is 3.94. The van der Waals surface area contributed by atoms with Gasteiger partial charge in [0.15, 0.2) is 0 Å². The summed E-state index contributed by atoms with van der Waals surface area (Å²) in [4.78, 5) is 38.5. The van der Waals surface area contributed by atoms with Gasteiger partial charge in [-0.1, -0.05) is 0 Å². The van der Waals surface area contributed by atoms with Gasteiger partial charge in [-0.25, -0.2) is 18.6 Å². The normalized spacial score (nSPS) is 23.8. The molecule has 2 unspecified atom stereocenters. The Labute approximate surface area is 189 Å². The molecular weight excluding hydrogens is 424 g/mol. The van der Waals surface area contributed by atoms with E-state index in [4.69, 9.17) is 9.47 Å². The zero-order valence-electron chi connectivity index (χ0n) is 20.6. The van der Waals surface area contributed by atoms with E-state index in [-0.39, 0.29) is 19.5 Å². The number of hydrazine groups is 1. The number of hydrogen-bond donors (Lipinski definition) is 0. The molecule has 0 aromatic heterocycles. The number of ether oxygens (including phenoxy) is 2. The molecule has 0 spiro atoms. The van der Waals surface area contributed by atoms with Crippen molar-refractivity contribution in [2.45, 2.75) is 97.9 Å². The van der Waals surface area contributed by atoms with E-state index in [2.05, 4.69) is 0 Å². The molecule has 2 amide bonds. The summed E-state index contributed by atoms with van der Waals surface area (Å²) in [5.74, 6) is -4.10. The molecule has 184 valence electrons. The van der Waals surface area contributed by atoms with Crippen LogP contribution in [0.5, 0.6) is 0 Å². The molecule has 2 rings (SSSR count).